The van der Waals surface area contributed by atoms with Crippen LogP contribution in [0.25, 0.3) is 0 Å². The van der Waals surface area contributed by atoms with Gasteiger partial charge in [0.15, 0.2) is 0 Å². The molecule has 0 radical (unpaired) electrons. The maximum absolute atomic E-state index is 12.2. The predicted octanol–water partition coefficient (Wildman–Crippen LogP) is 2.58. The molecule has 0 spiro atoms. The number of carbonyl (C=O) groups is 1. The fourth-order valence-corrected chi connectivity index (χ4v) is 3.23. The average molecular weight is 429 g/mol. The van der Waals surface area contributed by atoms with E-state index in [4.69, 9.17) is 0 Å². The first-order chi connectivity index (χ1) is 11.6. The minimum Gasteiger partial charge on any atom is -0.337 e. The van der Waals surface area contributed by atoms with Crippen LogP contribution in [0.3, 0.4) is 0 Å². The van der Waals surface area contributed by atoms with Gasteiger partial charge >= 0.3 is 0 Å². The zero-order valence-electron chi connectivity index (χ0n) is 14.1. The third kappa shape index (κ3) is 5.28. The van der Waals surface area contributed by atoms with E-state index in [0.717, 1.165) is 42.2 Å². The molecule has 136 valence electrons. The highest BCUT2D eigenvalue weighted by molar-refractivity contribution is 9.10. The highest BCUT2D eigenvalue weighted by atomic mass is 79.9. The predicted molar refractivity (Wildman–Crippen MR) is 105 cm³/mol. The summed E-state index contributed by atoms with van der Waals surface area (Å²) in [6.45, 7) is 3.44. The van der Waals surface area contributed by atoms with E-state index in [1.807, 2.05) is 48.3 Å². The molecule has 1 fully saturated rings. The van der Waals surface area contributed by atoms with Gasteiger partial charge < -0.3 is 15.2 Å². The number of aryl methyl sites for hydroxylation is 1. The Morgan fingerprint density at radius 2 is 2.16 bits per heavy atom. The lowest BCUT2D eigenvalue weighted by molar-refractivity contribution is -0.116. The number of halogens is 2. The fraction of sp³-hybridized carbons (Fsp3) is 0.412. The van der Waals surface area contributed by atoms with Crippen molar-refractivity contribution in [2.45, 2.75) is 12.5 Å². The van der Waals surface area contributed by atoms with E-state index in [0.29, 0.717) is 6.42 Å². The zero-order chi connectivity index (χ0) is 16.9. The van der Waals surface area contributed by atoms with Crippen LogP contribution in [0.4, 0.5) is 5.69 Å². The first-order valence-corrected chi connectivity index (χ1v) is 8.90. The normalized spacial score (nSPS) is 17.8. The van der Waals surface area contributed by atoms with E-state index in [1.54, 1.807) is 0 Å². The van der Waals surface area contributed by atoms with E-state index in [2.05, 4.69) is 36.4 Å². The van der Waals surface area contributed by atoms with Gasteiger partial charge in [-0.1, -0.05) is 15.9 Å². The van der Waals surface area contributed by atoms with Crippen LogP contribution in [0, 0.1) is 0 Å². The highest BCUT2D eigenvalue weighted by Crippen LogP contribution is 2.20. The summed E-state index contributed by atoms with van der Waals surface area (Å²) in [5.74, 6) is 1.07. The topological polar surface area (TPSA) is 62.2 Å². The van der Waals surface area contributed by atoms with E-state index in [-0.39, 0.29) is 24.4 Å². The molecule has 2 aromatic rings. The molecule has 1 amide bonds. The molecular formula is C17H23BrClN5O. The maximum atomic E-state index is 12.2. The van der Waals surface area contributed by atoms with Crippen molar-refractivity contribution in [3.05, 3.63) is 47.0 Å². The number of hydrogen-bond donors (Lipinski definition) is 2. The molecule has 2 heterocycles. The zero-order valence-corrected chi connectivity index (χ0v) is 16.5. The first kappa shape index (κ1) is 19.9. The lowest BCUT2D eigenvalue weighted by Crippen LogP contribution is -2.47. The Labute approximate surface area is 162 Å². The molecule has 1 aliphatic heterocycles. The molecule has 25 heavy (non-hydrogen) atoms. The molecule has 0 saturated carbocycles. The summed E-state index contributed by atoms with van der Waals surface area (Å²) in [5.41, 5.74) is 0.823. The SMILES string of the molecule is Cl.Cn1ccnc1C1CNCCN1CCC(=O)Nc1ccc(Br)cc1. The van der Waals surface area contributed by atoms with Crippen molar-refractivity contribution in [2.24, 2.45) is 7.05 Å². The van der Waals surface area contributed by atoms with Crippen molar-refractivity contribution in [3.63, 3.8) is 0 Å². The standard InChI is InChI=1S/C17H22BrN5O.ClH/c1-22-10-8-20-17(22)15-12-19-7-11-23(15)9-6-16(24)21-14-4-2-13(18)3-5-14;/h2-5,8,10,15,19H,6-7,9,11-12H2,1H3,(H,21,24);1H. The largest absolute Gasteiger partial charge is 0.337 e. The van der Waals surface area contributed by atoms with Crippen LogP contribution in [-0.4, -0.2) is 46.5 Å². The molecule has 1 saturated heterocycles. The van der Waals surface area contributed by atoms with Crippen LogP contribution in [0.5, 0.6) is 0 Å². The second-order valence-electron chi connectivity index (χ2n) is 5.96. The minimum absolute atomic E-state index is 0. The van der Waals surface area contributed by atoms with Crippen LogP contribution in [0.2, 0.25) is 0 Å². The monoisotopic (exact) mass is 427 g/mol. The molecule has 0 aliphatic carbocycles. The molecule has 1 atom stereocenters. The van der Waals surface area contributed by atoms with Gasteiger partial charge in [0, 0.05) is 62.2 Å². The van der Waals surface area contributed by atoms with Crippen molar-refractivity contribution < 1.29 is 4.79 Å². The molecule has 1 aliphatic rings. The van der Waals surface area contributed by atoms with Crippen molar-refractivity contribution in [3.8, 4) is 0 Å². The van der Waals surface area contributed by atoms with Crippen LogP contribution in [0.15, 0.2) is 41.1 Å². The van der Waals surface area contributed by atoms with Crippen LogP contribution in [0.1, 0.15) is 18.3 Å². The molecule has 6 nitrogen and oxygen atoms in total. The number of imidazole rings is 1. The summed E-state index contributed by atoms with van der Waals surface area (Å²) in [7, 11) is 2.01. The van der Waals surface area contributed by atoms with Gasteiger partial charge in [-0.3, -0.25) is 9.69 Å². The number of aromatic nitrogens is 2. The Balaban J connectivity index is 0.00000225. The highest BCUT2D eigenvalue weighted by Gasteiger charge is 2.26. The molecule has 1 aromatic heterocycles. The van der Waals surface area contributed by atoms with Gasteiger partial charge in [0.25, 0.3) is 0 Å². The van der Waals surface area contributed by atoms with Gasteiger partial charge in [0.1, 0.15) is 5.82 Å². The molecule has 3 rings (SSSR count). The van der Waals surface area contributed by atoms with Crippen molar-refractivity contribution >= 4 is 39.9 Å². The summed E-state index contributed by atoms with van der Waals surface area (Å²) in [4.78, 5) is 19.0. The van der Waals surface area contributed by atoms with Gasteiger partial charge in [-0.05, 0) is 24.3 Å². The van der Waals surface area contributed by atoms with E-state index < -0.39 is 0 Å². The number of benzene rings is 1. The fourth-order valence-electron chi connectivity index (χ4n) is 2.97. The molecule has 8 heteroatoms. The first-order valence-electron chi connectivity index (χ1n) is 8.11. The van der Waals surface area contributed by atoms with E-state index in [9.17, 15) is 4.79 Å². The van der Waals surface area contributed by atoms with Gasteiger partial charge in [0.2, 0.25) is 5.91 Å². The second-order valence-corrected chi connectivity index (χ2v) is 6.87. The average Bonchev–Trinajstić information content (AvgIpc) is 3.01. The molecule has 0 bridgehead atoms. The number of rotatable bonds is 5. The Morgan fingerprint density at radius 3 is 2.84 bits per heavy atom. The summed E-state index contributed by atoms with van der Waals surface area (Å²) >= 11 is 3.39. The van der Waals surface area contributed by atoms with Crippen molar-refractivity contribution in [2.75, 3.05) is 31.5 Å². The van der Waals surface area contributed by atoms with Gasteiger partial charge in [-0.15, -0.1) is 12.4 Å². The maximum Gasteiger partial charge on any atom is 0.225 e. The lowest BCUT2D eigenvalue weighted by Gasteiger charge is -2.35. The third-order valence-corrected chi connectivity index (χ3v) is 4.79. The summed E-state index contributed by atoms with van der Waals surface area (Å²) in [5, 5.41) is 6.36. The second kappa shape index (κ2) is 9.33. The number of piperazine rings is 1. The number of amides is 1. The van der Waals surface area contributed by atoms with Crippen molar-refractivity contribution in [1.29, 1.82) is 0 Å². The molecule has 2 N–H and O–H groups in total. The van der Waals surface area contributed by atoms with Crippen molar-refractivity contribution in [1.82, 2.24) is 19.8 Å². The van der Waals surface area contributed by atoms with Gasteiger partial charge in [-0.25, -0.2) is 4.98 Å². The summed E-state index contributed by atoms with van der Waals surface area (Å²) in [6.07, 6.45) is 4.25. The Kier molecular flexibility index (Phi) is 7.43. The van der Waals surface area contributed by atoms with Crippen LogP contribution >= 0.6 is 28.3 Å². The number of carbonyl (C=O) groups excluding carboxylic acids is 1. The third-order valence-electron chi connectivity index (χ3n) is 4.26. The minimum atomic E-state index is 0. The Bertz CT molecular complexity index is 691. The number of nitrogens with zero attached hydrogens (tertiary/aromatic N) is 3. The van der Waals surface area contributed by atoms with Gasteiger partial charge in [-0.2, -0.15) is 0 Å². The molecule has 1 aromatic carbocycles. The van der Waals surface area contributed by atoms with E-state index in [1.165, 1.54) is 0 Å². The lowest BCUT2D eigenvalue weighted by atomic mass is 10.1. The number of anilines is 1. The quantitative estimate of drug-likeness (QED) is 0.768. The summed E-state index contributed by atoms with van der Waals surface area (Å²) < 4.78 is 3.05. The number of nitrogens with one attached hydrogen (secondary N) is 2. The molecule has 1 unspecified atom stereocenters. The molecular weight excluding hydrogens is 406 g/mol. The van der Waals surface area contributed by atoms with Crippen LogP contribution in [-0.2, 0) is 11.8 Å². The number of hydrogen-bond acceptors (Lipinski definition) is 4. The van der Waals surface area contributed by atoms with Crippen LogP contribution < -0.4 is 10.6 Å². The smallest absolute Gasteiger partial charge is 0.225 e. The van der Waals surface area contributed by atoms with Gasteiger partial charge in [0.05, 0.1) is 6.04 Å². The Hall–Kier alpha value is -1.41. The Morgan fingerprint density at radius 1 is 1.40 bits per heavy atom. The summed E-state index contributed by atoms with van der Waals surface area (Å²) in [6, 6.07) is 7.83. The van der Waals surface area contributed by atoms with E-state index >= 15 is 0 Å².